The van der Waals surface area contributed by atoms with Gasteiger partial charge >= 0.3 is 0 Å². The van der Waals surface area contributed by atoms with E-state index in [1.807, 2.05) is 31.2 Å². The fraction of sp³-hybridized carbons (Fsp3) is 0.231. The number of aliphatic hydroxyl groups excluding tert-OH is 1. The van der Waals surface area contributed by atoms with Crippen molar-refractivity contribution >= 4 is 11.8 Å². The molecule has 0 unspecified atom stereocenters. The van der Waals surface area contributed by atoms with Gasteiger partial charge in [0.2, 0.25) is 0 Å². The SMILES string of the molecule is CC[C@H](O)c1ccc(Sc2ccncc2)cn1. The van der Waals surface area contributed by atoms with Crippen molar-refractivity contribution in [2.75, 3.05) is 0 Å². The first-order chi connectivity index (χ1) is 8.29. The fourth-order valence-corrected chi connectivity index (χ4v) is 2.17. The van der Waals surface area contributed by atoms with Crippen LogP contribution in [0.3, 0.4) is 0 Å². The third-order valence-electron chi connectivity index (χ3n) is 2.37. The van der Waals surface area contributed by atoms with Crippen LogP contribution in [0.1, 0.15) is 25.1 Å². The van der Waals surface area contributed by atoms with Gasteiger partial charge in [-0.3, -0.25) is 9.97 Å². The summed E-state index contributed by atoms with van der Waals surface area (Å²) in [5.74, 6) is 0. The van der Waals surface area contributed by atoms with E-state index in [2.05, 4.69) is 9.97 Å². The van der Waals surface area contributed by atoms with E-state index >= 15 is 0 Å². The van der Waals surface area contributed by atoms with E-state index in [0.29, 0.717) is 6.42 Å². The molecule has 2 aromatic rings. The standard InChI is InChI=1S/C13H14N2OS/c1-2-13(16)12-4-3-11(9-15-12)17-10-5-7-14-8-6-10/h3-9,13,16H,2H2,1H3/t13-/m0/s1. The lowest BCUT2D eigenvalue weighted by Crippen LogP contribution is -1.97. The van der Waals surface area contributed by atoms with Crippen molar-refractivity contribution in [1.29, 1.82) is 0 Å². The summed E-state index contributed by atoms with van der Waals surface area (Å²) in [7, 11) is 0. The number of rotatable bonds is 4. The summed E-state index contributed by atoms with van der Waals surface area (Å²) in [4.78, 5) is 10.4. The first-order valence-corrected chi connectivity index (χ1v) is 6.33. The Labute approximate surface area is 105 Å². The number of aliphatic hydroxyl groups is 1. The lowest BCUT2D eigenvalue weighted by Gasteiger charge is -2.07. The molecule has 2 heterocycles. The van der Waals surface area contributed by atoms with Gasteiger partial charge in [-0.05, 0) is 30.7 Å². The van der Waals surface area contributed by atoms with Crippen molar-refractivity contribution in [3.63, 3.8) is 0 Å². The minimum absolute atomic E-state index is 0.463. The topological polar surface area (TPSA) is 46.0 Å². The fourth-order valence-electron chi connectivity index (χ4n) is 1.40. The van der Waals surface area contributed by atoms with Crippen LogP contribution >= 0.6 is 11.8 Å². The largest absolute Gasteiger partial charge is 0.387 e. The molecule has 1 N–H and O–H groups in total. The third kappa shape index (κ3) is 3.28. The zero-order chi connectivity index (χ0) is 12.1. The van der Waals surface area contributed by atoms with Crippen LogP contribution in [0.2, 0.25) is 0 Å². The molecular weight excluding hydrogens is 232 g/mol. The van der Waals surface area contributed by atoms with Crippen molar-refractivity contribution < 1.29 is 5.11 Å². The molecule has 0 aliphatic heterocycles. The molecule has 2 rings (SSSR count). The molecule has 4 heteroatoms. The lowest BCUT2D eigenvalue weighted by atomic mass is 10.2. The van der Waals surface area contributed by atoms with Gasteiger partial charge in [-0.15, -0.1) is 0 Å². The van der Waals surface area contributed by atoms with Gasteiger partial charge < -0.3 is 5.11 Å². The second kappa shape index (κ2) is 5.80. The van der Waals surface area contributed by atoms with E-state index in [4.69, 9.17) is 0 Å². The van der Waals surface area contributed by atoms with Gasteiger partial charge in [0, 0.05) is 28.4 Å². The van der Waals surface area contributed by atoms with Crippen molar-refractivity contribution in [3.8, 4) is 0 Å². The van der Waals surface area contributed by atoms with Gasteiger partial charge in [-0.1, -0.05) is 18.7 Å². The quantitative estimate of drug-likeness (QED) is 0.900. The highest BCUT2D eigenvalue weighted by atomic mass is 32.2. The van der Waals surface area contributed by atoms with Gasteiger partial charge in [0.1, 0.15) is 0 Å². The molecular formula is C13H14N2OS. The average Bonchev–Trinajstić information content (AvgIpc) is 2.40. The van der Waals surface area contributed by atoms with Crippen molar-refractivity contribution in [2.45, 2.75) is 29.2 Å². The first-order valence-electron chi connectivity index (χ1n) is 5.51. The monoisotopic (exact) mass is 246 g/mol. The molecule has 0 amide bonds. The molecule has 88 valence electrons. The molecule has 0 aromatic carbocycles. The van der Waals surface area contributed by atoms with Crippen LogP contribution in [0.4, 0.5) is 0 Å². The van der Waals surface area contributed by atoms with Crippen LogP contribution < -0.4 is 0 Å². The average molecular weight is 246 g/mol. The van der Waals surface area contributed by atoms with Crippen LogP contribution in [0.5, 0.6) is 0 Å². The molecule has 0 saturated heterocycles. The van der Waals surface area contributed by atoms with Crippen molar-refractivity contribution in [2.24, 2.45) is 0 Å². The van der Waals surface area contributed by atoms with Crippen LogP contribution in [-0.2, 0) is 0 Å². The van der Waals surface area contributed by atoms with E-state index in [-0.39, 0.29) is 0 Å². The lowest BCUT2D eigenvalue weighted by molar-refractivity contribution is 0.169. The molecule has 0 spiro atoms. The van der Waals surface area contributed by atoms with Gasteiger partial charge in [0.05, 0.1) is 11.8 Å². The maximum atomic E-state index is 9.63. The van der Waals surface area contributed by atoms with Crippen LogP contribution in [-0.4, -0.2) is 15.1 Å². The van der Waals surface area contributed by atoms with Crippen LogP contribution in [0, 0.1) is 0 Å². The van der Waals surface area contributed by atoms with E-state index < -0.39 is 6.10 Å². The summed E-state index contributed by atoms with van der Waals surface area (Å²) in [6.07, 6.45) is 5.55. The third-order valence-corrected chi connectivity index (χ3v) is 3.36. The Bertz CT molecular complexity index is 459. The Kier molecular flexibility index (Phi) is 4.12. The molecule has 0 aliphatic rings. The highest BCUT2D eigenvalue weighted by Gasteiger charge is 2.06. The number of hydrogen-bond donors (Lipinski definition) is 1. The normalized spacial score (nSPS) is 12.4. The van der Waals surface area contributed by atoms with Crippen molar-refractivity contribution in [3.05, 3.63) is 48.5 Å². The Morgan fingerprint density at radius 1 is 1.18 bits per heavy atom. The smallest absolute Gasteiger partial charge is 0.0957 e. The Balaban J connectivity index is 2.08. The maximum Gasteiger partial charge on any atom is 0.0957 e. The minimum Gasteiger partial charge on any atom is -0.387 e. The van der Waals surface area contributed by atoms with E-state index in [0.717, 1.165) is 15.5 Å². The minimum atomic E-state index is -0.463. The molecule has 3 nitrogen and oxygen atoms in total. The van der Waals surface area contributed by atoms with Crippen LogP contribution in [0.15, 0.2) is 52.6 Å². The predicted molar refractivity (Wildman–Crippen MR) is 67.8 cm³/mol. The summed E-state index contributed by atoms with van der Waals surface area (Å²) in [6.45, 7) is 1.94. The Morgan fingerprint density at radius 3 is 2.53 bits per heavy atom. The molecule has 1 atom stereocenters. The zero-order valence-electron chi connectivity index (χ0n) is 9.58. The number of pyridine rings is 2. The Hall–Kier alpha value is -1.39. The second-order valence-electron chi connectivity index (χ2n) is 3.63. The summed E-state index contributed by atoms with van der Waals surface area (Å²) < 4.78 is 0. The van der Waals surface area contributed by atoms with Gasteiger partial charge in [-0.2, -0.15) is 0 Å². The molecule has 17 heavy (non-hydrogen) atoms. The summed E-state index contributed by atoms with van der Waals surface area (Å²) >= 11 is 1.63. The van der Waals surface area contributed by atoms with E-state index in [1.165, 1.54) is 0 Å². The maximum absolute atomic E-state index is 9.63. The highest BCUT2D eigenvalue weighted by Crippen LogP contribution is 2.27. The summed E-state index contributed by atoms with van der Waals surface area (Å²) in [5, 5.41) is 9.63. The molecule has 0 saturated carbocycles. The van der Waals surface area contributed by atoms with E-state index in [9.17, 15) is 5.11 Å². The van der Waals surface area contributed by atoms with E-state index in [1.54, 1.807) is 30.4 Å². The molecule has 0 bridgehead atoms. The summed E-state index contributed by atoms with van der Waals surface area (Å²) in [6, 6.07) is 7.77. The number of hydrogen-bond acceptors (Lipinski definition) is 4. The molecule has 2 aromatic heterocycles. The number of aromatic nitrogens is 2. The predicted octanol–water partition coefficient (Wildman–Crippen LogP) is 3.07. The number of nitrogens with zero attached hydrogens (tertiary/aromatic N) is 2. The molecule has 0 aliphatic carbocycles. The van der Waals surface area contributed by atoms with Gasteiger partial charge in [0.15, 0.2) is 0 Å². The van der Waals surface area contributed by atoms with Gasteiger partial charge in [-0.25, -0.2) is 0 Å². The second-order valence-corrected chi connectivity index (χ2v) is 4.77. The highest BCUT2D eigenvalue weighted by molar-refractivity contribution is 7.99. The van der Waals surface area contributed by atoms with Crippen LogP contribution in [0.25, 0.3) is 0 Å². The van der Waals surface area contributed by atoms with Gasteiger partial charge in [0.25, 0.3) is 0 Å². The van der Waals surface area contributed by atoms with Crippen molar-refractivity contribution in [1.82, 2.24) is 9.97 Å². The summed E-state index contributed by atoms with van der Waals surface area (Å²) in [5.41, 5.74) is 0.728. The molecule has 0 fully saturated rings. The first kappa shape index (κ1) is 12.1. The Morgan fingerprint density at radius 2 is 1.94 bits per heavy atom. The molecule has 0 radical (unpaired) electrons. The zero-order valence-corrected chi connectivity index (χ0v) is 10.4.